The summed E-state index contributed by atoms with van der Waals surface area (Å²) in [5, 5.41) is 10.4. The number of hydrogen-bond acceptors (Lipinski definition) is 7. The van der Waals surface area contributed by atoms with E-state index < -0.39 is 17.7 Å². The third-order valence-electron chi connectivity index (χ3n) is 4.02. The van der Waals surface area contributed by atoms with Crippen LogP contribution >= 0.6 is 0 Å². The van der Waals surface area contributed by atoms with Gasteiger partial charge in [-0.05, 0) is 60.7 Å². The summed E-state index contributed by atoms with van der Waals surface area (Å²) in [4.78, 5) is 24.6. The Morgan fingerprint density at radius 3 is 1.38 bits per heavy atom. The van der Waals surface area contributed by atoms with E-state index in [4.69, 9.17) is 18.9 Å². The molecule has 0 fully saturated rings. The van der Waals surface area contributed by atoms with Crippen LogP contribution in [0.2, 0.25) is 0 Å². The fourth-order valence-electron chi connectivity index (χ4n) is 2.44. The zero-order chi connectivity index (χ0) is 20.8. The first kappa shape index (κ1) is 19.8. The van der Waals surface area contributed by atoms with E-state index in [1.165, 1.54) is 56.7 Å². The van der Waals surface area contributed by atoms with E-state index in [1.54, 1.807) is 24.3 Å². The van der Waals surface area contributed by atoms with Crippen LogP contribution in [0.4, 0.5) is 0 Å². The molecule has 0 aliphatic heterocycles. The topological polar surface area (TPSA) is 91.3 Å². The van der Waals surface area contributed by atoms with Gasteiger partial charge in [-0.2, -0.15) is 0 Å². The normalized spacial score (nSPS) is 10.1. The Labute approximate surface area is 167 Å². The van der Waals surface area contributed by atoms with Crippen molar-refractivity contribution in [2.75, 3.05) is 14.2 Å². The summed E-state index contributed by atoms with van der Waals surface area (Å²) in [5.41, 5.74) is 0.539. The lowest BCUT2D eigenvalue weighted by Crippen LogP contribution is -2.10. The molecule has 0 aliphatic rings. The van der Waals surface area contributed by atoms with Crippen molar-refractivity contribution in [3.8, 4) is 28.7 Å². The molecule has 29 heavy (non-hydrogen) atoms. The monoisotopic (exact) mass is 394 g/mol. The van der Waals surface area contributed by atoms with Gasteiger partial charge in [0.25, 0.3) is 0 Å². The van der Waals surface area contributed by atoms with Gasteiger partial charge in [-0.1, -0.05) is 6.07 Å². The van der Waals surface area contributed by atoms with Crippen molar-refractivity contribution < 1.29 is 33.6 Å². The predicted molar refractivity (Wildman–Crippen MR) is 104 cm³/mol. The highest BCUT2D eigenvalue weighted by Crippen LogP contribution is 2.36. The van der Waals surface area contributed by atoms with Gasteiger partial charge in [0.2, 0.25) is 5.75 Å². The molecule has 0 aromatic heterocycles. The van der Waals surface area contributed by atoms with Crippen molar-refractivity contribution in [2.45, 2.75) is 0 Å². The van der Waals surface area contributed by atoms with E-state index in [9.17, 15) is 14.7 Å². The molecule has 0 unspecified atom stereocenters. The molecule has 0 heterocycles. The third-order valence-corrected chi connectivity index (χ3v) is 4.02. The van der Waals surface area contributed by atoms with Crippen molar-refractivity contribution in [1.29, 1.82) is 0 Å². The quantitative estimate of drug-likeness (QED) is 0.502. The number of para-hydroxylation sites is 1. The average molecular weight is 394 g/mol. The Balaban J connectivity index is 1.74. The highest BCUT2D eigenvalue weighted by atomic mass is 16.6. The van der Waals surface area contributed by atoms with Gasteiger partial charge in [0.05, 0.1) is 25.3 Å². The second-order valence-electron chi connectivity index (χ2n) is 5.84. The van der Waals surface area contributed by atoms with Gasteiger partial charge in [-0.25, -0.2) is 9.59 Å². The lowest BCUT2D eigenvalue weighted by atomic mass is 10.2. The largest absolute Gasteiger partial charge is 0.502 e. The molecule has 7 nitrogen and oxygen atoms in total. The van der Waals surface area contributed by atoms with E-state index in [2.05, 4.69) is 0 Å². The molecule has 0 amide bonds. The van der Waals surface area contributed by atoms with Gasteiger partial charge >= 0.3 is 11.9 Å². The second kappa shape index (κ2) is 8.79. The molecule has 1 N–H and O–H groups in total. The van der Waals surface area contributed by atoms with Crippen molar-refractivity contribution >= 4 is 11.9 Å². The summed E-state index contributed by atoms with van der Waals surface area (Å²) in [6, 6.07) is 16.9. The molecule has 0 saturated heterocycles. The first-order valence-electron chi connectivity index (χ1n) is 8.56. The molecule has 0 aliphatic carbocycles. The summed E-state index contributed by atoms with van der Waals surface area (Å²) >= 11 is 0. The van der Waals surface area contributed by atoms with E-state index in [0.717, 1.165) is 0 Å². The summed E-state index contributed by atoms with van der Waals surface area (Å²) in [5.74, 6) is -0.898. The predicted octanol–water partition coefficient (Wildman–Crippen LogP) is 3.85. The van der Waals surface area contributed by atoms with Crippen LogP contribution in [0.1, 0.15) is 20.7 Å². The molecule has 0 radical (unpaired) electrons. The Morgan fingerprint density at radius 1 is 0.655 bits per heavy atom. The van der Waals surface area contributed by atoms with Crippen LogP contribution < -0.4 is 18.9 Å². The number of phenolic OH excluding ortho intramolecular Hbond substituents is 1. The van der Waals surface area contributed by atoms with Crippen molar-refractivity contribution in [1.82, 2.24) is 0 Å². The minimum absolute atomic E-state index is 0.133. The highest BCUT2D eigenvalue weighted by Gasteiger charge is 2.18. The van der Waals surface area contributed by atoms with Crippen molar-refractivity contribution in [2.24, 2.45) is 0 Å². The lowest BCUT2D eigenvalue weighted by Gasteiger charge is -2.11. The fraction of sp³-hybridized carbons (Fsp3) is 0.0909. The van der Waals surface area contributed by atoms with Crippen LogP contribution in [0, 0.1) is 0 Å². The average Bonchev–Trinajstić information content (AvgIpc) is 2.76. The first-order valence-corrected chi connectivity index (χ1v) is 8.56. The zero-order valence-corrected chi connectivity index (χ0v) is 15.7. The number of ether oxygens (including phenoxy) is 4. The molecule has 0 bridgehead atoms. The van der Waals surface area contributed by atoms with Gasteiger partial charge in [-0.15, -0.1) is 0 Å². The van der Waals surface area contributed by atoms with Crippen molar-refractivity contribution in [3.05, 3.63) is 77.9 Å². The van der Waals surface area contributed by atoms with E-state index in [-0.39, 0.29) is 22.6 Å². The standard InChI is InChI=1S/C22H18O7/c1-26-16-10-6-14(7-11-16)21(24)28-18-4-3-5-19(20(18)23)29-22(25)15-8-12-17(27-2)13-9-15/h3-13,23H,1-2H3. The minimum Gasteiger partial charge on any atom is -0.502 e. The Bertz CT molecular complexity index is 929. The number of esters is 2. The molecule has 3 aromatic carbocycles. The van der Waals surface area contributed by atoms with E-state index in [0.29, 0.717) is 11.5 Å². The van der Waals surface area contributed by atoms with Crippen molar-refractivity contribution in [3.63, 3.8) is 0 Å². The third kappa shape index (κ3) is 4.65. The lowest BCUT2D eigenvalue weighted by molar-refractivity contribution is 0.0722. The maximum absolute atomic E-state index is 12.3. The Kier molecular flexibility index (Phi) is 5.99. The molecular formula is C22H18O7. The summed E-state index contributed by atoms with van der Waals surface area (Å²) in [7, 11) is 3.04. The first-order chi connectivity index (χ1) is 14.0. The highest BCUT2D eigenvalue weighted by molar-refractivity contribution is 5.93. The Hall–Kier alpha value is -4.00. The fourth-order valence-corrected chi connectivity index (χ4v) is 2.44. The molecule has 3 rings (SSSR count). The molecule has 0 saturated carbocycles. The number of phenols is 1. The minimum atomic E-state index is -0.679. The molecule has 3 aromatic rings. The molecule has 7 heteroatoms. The van der Waals surface area contributed by atoms with E-state index in [1.807, 2.05) is 0 Å². The van der Waals surface area contributed by atoms with Gasteiger partial charge in [0.15, 0.2) is 11.5 Å². The van der Waals surface area contributed by atoms with E-state index >= 15 is 0 Å². The summed E-state index contributed by atoms with van der Waals surface area (Å²) in [6.45, 7) is 0. The maximum atomic E-state index is 12.3. The van der Waals surface area contributed by atoms with Crippen LogP contribution in [0.5, 0.6) is 28.7 Å². The van der Waals surface area contributed by atoms with Crippen LogP contribution in [0.15, 0.2) is 66.7 Å². The van der Waals surface area contributed by atoms with Crippen LogP contribution in [-0.2, 0) is 0 Å². The number of rotatable bonds is 6. The number of hydrogen-bond donors (Lipinski definition) is 1. The number of carbonyl (C=O) groups is 2. The van der Waals surface area contributed by atoms with Gasteiger partial charge in [0.1, 0.15) is 11.5 Å². The zero-order valence-electron chi connectivity index (χ0n) is 15.7. The van der Waals surface area contributed by atoms with Crippen LogP contribution in [0.25, 0.3) is 0 Å². The summed E-state index contributed by atoms with van der Waals surface area (Å²) in [6.07, 6.45) is 0. The van der Waals surface area contributed by atoms with Gasteiger partial charge < -0.3 is 24.1 Å². The molecular weight excluding hydrogens is 376 g/mol. The molecule has 0 atom stereocenters. The Morgan fingerprint density at radius 2 is 1.03 bits per heavy atom. The summed E-state index contributed by atoms with van der Waals surface area (Å²) < 4.78 is 20.5. The SMILES string of the molecule is COc1ccc(C(=O)Oc2cccc(OC(=O)c3ccc(OC)cc3)c2O)cc1. The maximum Gasteiger partial charge on any atom is 0.343 e. The molecule has 148 valence electrons. The number of carbonyl (C=O) groups excluding carboxylic acids is 2. The number of aromatic hydroxyl groups is 1. The molecule has 0 spiro atoms. The number of methoxy groups -OCH3 is 2. The second-order valence-corrected chi connectivity index (χ2v) is 5.84. The van der Waals surface area contributed by atoms with Crippen LogP contribution in [-0.4, -0.2) is 31.3 Å². The van der Waals surface area contributed by atoms with Gasteiger partial charge in [-0.3, -0.25) is 0 Å². The number of benzene rings is 3. The van der Waals surface area contributed by atoms with Crippen LogP contribution in [0.3, 0.4) is 0 Å². The van der Waals surface area contributed by atoms with Gasteiger partial charge in [0, 0.05) is 0 Å². The smallest absolute Gasteiger partial charge is 0.343 e.